The molecule has 0 saturated heterocycles. The van der Waals surface area contributed by atoms with E-state index in [0.29, 0.717) is 29.0 Å². The van der Waals surface area contributed by atoms with Gasteiger partial charge in [-0.25, -0.2) is 0 Å². The van der Waals surface area contributed by atoms with E-state index in [-0.39, 0.29) is 5.91 Å². The fourth-order valence-corrected chi connectivity index (χ4v) is 3.23. The minimum atomic E-state index is -0.0604. The van der Waals surface area contributed by atoms with Crippen molar-refractivity contribution in [1.82, 2.24) is 0 Å². The molecule has 1 heterocycles. The second kappa shape index (κ2) is 6.50. The fraction of sp³-hybridized carbons (Fsp3) is 0.278. The number of anilines is 2. The highest BCUT2D eigenvalue weighted by Gasteiger charge is 2.26. The Bertz CT molecular complexity index is 733. The van der Waals surface area contributed by atoms with E-state index in [1.165, 1.54) is 5.56 Å². The summed E-state index contributed by atoms with van der Waals surface area (Å²) in [6.45, 7) is 2.46. The highest BCUT2D eigenvalue weighted by atomic mass is 35.5. The lowest BCUT2D eigenvalue weighted by atomic mass is 10.1. The van der Waals surface area contributed by atoms with Crippen molar-refractivity contribution in [3.05, 3.63) is 53.1 Å². The van der Waals surface area contributed by atoms with Gasteiger partial charge in [0, 0.05) is 17.4 Å². The molecule has 23 heavy (non-hydrogen) atoms. The van der Waals surface area contributed by atoms with E-state index < -0.39 is 0 Å². The maximum absolute atomic E-state index is 12.4. The van der Waals surface area contributed by atoms with E-state index in [9.17, 15) is 4.79 Å². The summed E-state index contributed by atoms with van der Waals surface area (Å²) in [5.74, 6) is 0.529. The monoisotopic (exact) mass is 330 g/mol. The number of hydrogen-bond acceptors (Lipinski definition) is 3. The summed E-state index contributed by atoms with van der Waals surface area (Å²) >= 11 is 6.09. The summed E-state index contributed by atoms with van der Waals surface area (Å²) in [5, 5.41) is 3.37. The molecule has 1 atom stereocenters. The molecular formula is C18H19ClN2O2. The first-order valence-electron chi connectivity index (χ1n) is 7.56. The molecule has 5 heteroatoms. The number of rotatable bonds is 4. The maximum atomic E-state index is 12.4. The number of nitrogens with zero attached hydrogens (tertiary/aromatic N) is 1. The zero-order chi connectivity index (χ0) is 16.4. The molecule has 0 aliphatic carbocycles. The average molecular weight is 331 g/mol. The third kappa shape index (κ3) is 3.27. The number of methoxy groups -OCH3 is 1. The molecule has 2 aromatic rings. The number of benzene rings is 2. The molecule has 0 radical (unpaired) electrons. The van der Waals surface area contributed by atoms with Crippen molar-refractivity contribution in [2.24, 2.45) is 0 Å². The Balaban J connectivity index is 1.69. The SMILES string of the molecule is COc1ccc(NC(=O)CN2c3ccccc3C[C@@H]2C)cc1Cl. The summed E-state index contributed by atoms with van der Waals surface area (Å²) < 4.78 is 5.11. The molecule has 0 unspecified atom stereocenters. The standard InChI is InChI=1S/C18H19ClN2O2/c1-12-9-13-5-3-4-6-16(13)21(12)11-18(22)20-14-7-8-17(23-2)15(19)10-14/h3-8,10,12H,9,11H2,1-2H3,(H,20,22)/t12-/m0/s1. The van der Waals surface area contributed by atoms with Crippen LogP contribution in [0.1, 0.15) is 12.5 Å². The smallest absolute Gasteiger partial charge is 0.243 e. The largest absolute Gasteiger partial charge is 0.495 e. The van der Waals surface area contributed by atoms with Crippen LogP contribution in [0.5, 0.6) is 5.75 Å². The van der Waals surface area contributed by atoms with Gasteiger partial charge in [0.25, 0.3) is 0 Å². The van der Waals surface area contributed by atoms with E-state index >= 15 is 0 Å². The molecule has 2 aromatic carbocycles. The summed E-state index contributed by atoms with van der Waals surface area (Å²) in [4.78, 5) is 14.5. The number of halogens is 1. The normalized spacial score (nSPS) is 16.1. The van der Waals surface area contributed by atoms with Gasteiger partial charge in [0.15, 0.2) is 0 Å². The molecule has 120 valence electrons. The van der Waals surface area contributed by atoms with Crippen LogP contribution in [0.2, 0.25) is 5.02 Å². The van der Waals surface area contributed by atoms with E-state index in [1.54, 1.807) is 25.3 Å². The number of hydrogen-bond donors (Lipinski definition) is 1. The molecule has 0 bridgehead atoms. The molecule has 0 fully saturated rings. The van der Waals surface area contributed by atoms with Gasteiger partial charge < -0.3 is 15.0 Å². The van der Waals surface area contributed by atoms with Crippen molar-refractivity contribution < 1.29 is 9.53 Å². The van der Waals surface area contributed by atoms with Crippen LogP contribution in [0.25, 0.3) is 0 Å². The third-order valence-corrected chi connectivity index (χ3v) is 4.39. The molecule has 1 N–H and O–H groups in total. The van der Waals surface area contributed by atoms with Gasteiger partial charge in [-0.15, -0.1) is 0 Å². The van der Waals surface area contributed by atoms with Crippen LogP contribution in [0.4, 0.5) is 11.4 Å². The summed E-state index contributed by atoms with van der Waals surface area (Å²) in [6, 6.07) is 13.8. The topological polar surface area (TPSA) is 41.6 Å². The van der Waals surface area contributed by atoms with Crippen LogP contribution < -0.4 is 15.0 Å². The molecule has 0 aromatic heterocycles. The summed E-state index contributed by atoms with van der Waals surface area (Å²) in [6.07, 6.45) is 0.970. The van der Waals surface area contributed by atoms with Crippen LogP contribution in [0.3, 0.4) is 0 Å². The fourth-order valence-electron chi connectivity index (χ4n) is 2.97. The Morgan fingerprint density at radius 1 is 1.35 bits per heavy atom. The second-order valence-electron chi connectivity index (χ2n) is 5.71. The Morgan fingerprint density at radius 2 is 2.13 bits per heavy atom. The predicted octanol–water partition coefficient (Wildman–Crippen LogP) is 3.74. The first-order chi connectivity index (χ1) is 11.1. The lowest BCUT2D eigenvalue weighted by Gasteiger charge is -2.24. The van der Waals surface area contributed by atoms with Gasteiger partial charge in [-0.05, 0) is 43.2 Å². The van der Waals surface area contributed by atoms with Gasteiger partial charge in [-0.2, -0.15) is 0 Å². The van der Waals surface area contributed by atoms with Gasteiger partial charge >= 0.3 is 0 Å². The molecule has 0 saturated carbocycles. The van der Waals surface area contributed by atoms with Crippen LogP contribution in [-0.4, -0.2) is 25.6 Å². The summed E-state index contributed by atoms with van der Waals surface area (Å²) in [5.41, 5.74) is 3.10. The minimum absolute atomic E-state index is 0.0604. The molecular weight excluding hydrogens is 312 g/mol. The molecule has 1 amide bonds. The third-order valence-electron chi connectivity index (χ3n) is 4.10. The van der Waals surface area contributed by atoms with Crippen molar-refractivity contribution in [3.63, 3.8) is 0 Å². The number of fused-ring (bicyclic) bond motifs is 1. The zero-order valence-corrected chi connectivity index (χ0v) is 13.9. The maximum Gasteiger partial charge on any atom is 0.243 e. The predicted molar refractivity (Wildman–Crippen MR) is 93.6 cm³/mol. The summed E-state index contributed by atoms with van der Waals surface area (Å²) in [7, 11) is 1.56. The quantitative estimate of drug-likeness (QED) is 0.928. The Morgan fingerprint density at radius 3 is 2.87 bits per heavy atom. The van der Waals surface area contributed by atoms with Crippen molar-refractivity contribution in [1.29, 1.82) is 0 Å². The lowest BCUT2D eigenvalue weighted by molar-refractivity contribution is -0.115. The molecule has 1 aliphatic heterocycles. The highest BCUT2D eigenvalue weighted by molar-refractivity contribution is 6.32. The van der Waals surface area contributed by atoms with Crippen molar-refractivity contribution in [2.75, 3.05) is 23.9 Å². The molecule has 3 rings (SSSR count). The van der Waals surface area contributed by atoms with E-state index in [2.05, 4.69) is 29.3 Å². The average Bonchev–Trinajstić information content (AvgIpc) is 2.83. The Kier molecular flexibility index (Phi) is 4.44. The van der Waals surface area contributed by atoms with Crippen LogP contribution >= 0.6 is 11.6 Å². The van der Waals surface area contributed by atoms with Crippen molar-refractivity contribution in [3.8, 4) is 5.75 Å². The van der Waals surface area contributed by atoms with Crippen LogP contribution in [0, 0.1) is 0 Å². The minimum Gasteiger partial charge on any atom is -0.495 e. The number of carbonyl (C=O) groups is 1. The van der Waals surface area contributed by atoms with Gasteiger partial charge in [0.1, 0.15) is 5.75 Å². The molecule has 4 nitrogen and oxygen atoms in total. The number of para-hydroxylation sites is 1. The second-order valence-corrected chi connectivity index (χ2v) is 6.11. The van der Waals surface area contributed by atoms with E-state index in [1.807, 2.05) is 12.1 Å². The van der Waals surface area contributed by atoms with E-state index in [4.69, 9.17) is 16.3 Å². The van der Waals surface area contributed by atoms with Gasteiger partial charge in [0.05, 0.1) is 18.7 Å². The number of carbonyl (C=O) groups excluding carboxylic acids is 1. The Labute approximate surface area is 141 Å². The zero-order valence-electron chi connectivity index (χ0n) is 13.2. The van der Waals surface area contributed by atoms with Crippen LogP contribution in [0.15, 0.2) is 42.5 Å². The number of ether oxygens (including phenoxy) is 1. The van der Waals surface area contributed by atoms with Crippen LogP contribution in [-0.2, 0) is 11.2 Å². The van der Waals surface area contributed by atoms with Crippen molar-refractivity contribution >= 4 is 28.9 Å². The van der Waals surface area contributed by atoms with Gasteiger partial charge in [0.2, 0.25) is 5.91 Å². The van der Waals surface area contributed by atoms with Crippen molar-refractivity contribution in [2.45, 2.75) is 19.4 Å². The molecule has 0 spiro atoms. The first-order valence-corrected chi connectivity index (χ1v) is 7.94. The molecule has 1 aliphatic rings. The first kappa shape index (κ1) is 15.7. The van der Waals surface area contributed by atoms with Gasteiger partial charge in [-0.1, -0.05) is 29.8 Å². The number of amides is 1. The number of nitrogens with one attached hydrogen (secondary N) is 1. The van der Waals surface area contributed by atoms with E-state index in [0.717, 1.165) is 12.1 Å². The Hall–Kier alpha value is -2.20. The highest BCUT2D eigenvalue weighted by Crippen LogP contribution is 2.31. The lowest BCUT2D eigenvalue weighted by Crippen LogP contribution is -2.37. The van der Waals surface area contributed by atoms with Gasteiger partial charge in [-0.3, -0.25) is 4.79 Å².